The monoisotopic (exact) mass is 242 g/mol. The number of hydrogen-bond acceptors (Lipinski definition) is 4. The van der Waals surface area contributed by atoms with Crippen molar-refractivity contribution in [1.82, 2.24) is 4.98 Å². The Hall–Kier alpha value is -1.91. The van der Waals surface area contributed by atoms with Gasteiger partial charge in [-0.2, -0.15) is 0 Å². The number of ether oxygens (including phenoxy) is 2. The van der Waals surface area contributed by atoms with E-state index in [1.807, 2.05) is 36.4 Å². The van der Waals surface area contributed by atoms with Crippen molar-refractivity contribution in [3.63, 3.8) is 0 Å². The van der Waals surface area contributed by atoms with Crippen LogP contribution in [0, 0.1) is 0 Å². The second kappa shape index (κ2) is 5.16. The van der Waals surface area contributed by atoms with Gasteiger partial charge in [0.05, 0.1) is 25.1 Å². The minimum atomic E-state index is -0.236. The average Bonchev–Trinajstić information content (AvgIpc) is 2.94. The fraction of sp³-hybridized carbons (Fsp3) is 0.214. The van der Waals surface area contributed by atoms with Crippen molar-refractivity contribution in [3.05, 3.63) is 54.4 Å². The summed E-state index contributed by atoms with van der Waals surface area (Å²) in [4.78, 5) is 4.07. The summed E-state index contributed by atoms with van der Waals surface area (Å²) in [7, 11) is 0. The van der Waals surface area contributed by atoms with E-state index in [0.29, 0.717) is 13.2 Å². The summed E-state index contributed by atoms with van der Waals surface area (Å²) in [6.07, 6.45) is 3.30. The van der Waals surface area contributed by atoms with Gasteiger partial charge in [-0.25, -0.2) is 0 Å². The number of hydrogen-bond donors (Lipinski definition) is 1. The predicted octanol–water partition coefficient (Wildman–Crippen LogP) is 2.87. The lowest BCUT2D eigenvalue weighted by Gasteiger charge is -2.12. The zero-order valence-corrected chi connectivity index (χ0v) is 9.87. The van der Waals surface area contributed by atoms with Crippen LogP contribution in [0.5, 0.6) is 0 Å². The molecule has 0 saturated carbocycles. The van der Waals surface area contributed by atoms with E-state index in [2.05, 4.69) is 10.3 Å². The molecular formula is C14H14N2O2. The molecular weight excluding hydrogens is 228 g/mol. The molecule has 1 N–H and O–H groups in total. The third kappa shape index (κ3) is 2.50. The molecule has 4 nitrogen and oxygen atoms in total. The van der Waals surface area contributed by atoms with Gasteiger partial charge < -0.3 is 14.8 Å². The van der Waals surface area contributed by atoms with Crippen LogP contribution in [0.4, 0.5) is 11.4 Å². The molecule has 4 heteroatoms. The molecule has 2 aromatic rings. The van der Waals surface area contributed by atoms with Crippen molar-refractivity contribution >= 4 is 11.4 Å². The molecule has 0 radical (unpaired) electrons. The minimum Gasteiger partial charge on any atom is -0.354 e. The van der Waals surface area contributed by atoms with Gasteiger partial charge in [-0.15, -0.1) is 0 Å². The molecule has 18 heavy (non-hydrogen) atoms. The molecule has 1 aromatic heterocycles. The zero-order chi connectivity index (χ0) is 12.2. The lowest BCUT2D eigenvalue weighted by Crippen LogP contribution is -1.99. The Labute approximate surface area is 106 Å². The first-order chi connectivity index (χ1) is 8.92. The average molecular weight is 242 g/mol. The van der Waals surface area contributed by atoms with E-state index >= 15 is 0 Å². The number of nitrogens with one attached hydrogen (secondary N) is 1. The first-order valence-corrected chi connectivity index (χ1v) is 5.92. The highest BCUT2D eigenvalue weighted by atomic mass is 16.7. The van der Waals surface area contributed by atoms with Gasteiger partial charge in [0, 0.05) is 17.4 Å². The number of aromatic nitrogens is 1. The van der Waals surface area contributed by atoms with Gasteiger partial charge in [-0.1, -0.05) is 12.1 Å². The molecule has 0 aliphatic carbocycles. The van der Waals surface area contributed by atoms with Crippen LogP contribution in [0.1, 0.15) is 11.9 Å². The first-order valence-electron chi connectivity index (χ1n) is 5.92. The number of benzene rings is 1. The Morgan fingerprint density at radius 2 is 1.89 bits per heavy atom. The number of pyridine rings is 1. The largest absolute Gasteiger partial charge is 0.354 e. The van der Waals surface area contributed by atoms with E-state index in [1.165, 1.54) is 0 Å². The van der Waals surface area contributed by atoms with Crippen molar-refractivity contribution in [2.24, 2.45) is 0 Å². The van der Waals surface area contributed by atoms with Gasteiger partial charge >= 0.3 is 0 Å². The van der Waals surface area contributed by atoms with E-state index in [9.17, 15) is 0 Å². The molecule has 92 valence electrons. The molecule has 0 amide bonds. The Balaban J connectivity index is 1.78. The smallest absolute Gasteiger partial charge is 0.184 e. The summed E-state index contributed by atoms with van der Waals surface area (Å²) < 4.78 is 11.0. The van der Waals surface area contributed by atoms with Crippen molar-refractivity contribution in [1.29, 1.82) is 0 Å². The van der Waals surface area contributed by atoms with Crippen molar-refractivity contribution in [3.8, 4) is 0 Å². The van der Waals surface area contributed by atoms with Crippen molar-refractivity contribution < 1.29 is 9.47 Å². The highest BCUT2D eigenvalue weighted by molar-refractivity contribution is 5.59. The summed E-state index contributed by atoms with van der Waals surface area (Å²) in [5, 5.41) is 3.29. The van der Waals surface area contributed by atoms with E-state index in [0.717, 1.165) is 16.9 Å². The maximum absolute atomic E-state index is 5.48. The van der Waals surface area contributed by atoms with Crippen LogP contribution in [0.2, 0.25) is 0 Å². The molecule has 0 spiro atoms. The third-order valence-electron chi connectivity index (χ3n) is 2.73. The van der Waals surface area contributed by atoms with Crippen LogP contribution in [0.25, 0.3) is 0 Å². The number of nitrogens with zero attached hydrogens (tertiary/aromatic N) is 1. The van der Waals surface area contributed by atoms with Gasteiger partial charge in [0.15, 0.2) is 6.29 Å². The number of rotatable bonds is 3. The van der Waals surface area contributed by atoms with Crippen LogP contribution in [-0.4, -0.2) is 18.2 Å². The summed E-state index contributed by atoms with van der Waals surface area (Å²) in [6.45, 7) is 1.32. The van der Waals surface area contributed by atoms with Gasteiger partial charge in [-0.05, 0) is 24.3 Å². The number of anilines is 2. The molecule has 1 aromatic carbocycles. The van der Waals surface area contributed by atoms with E-state index in [4.69, 9.17) is 9.47 Å². The Morgan fingerprint density at radius 3 is 2.67 bits per heavy atom. The topological polar surface area (TPSA) is 43.4 Å². The summed E-state index contributed by atoms with van der Waals surface area (Å²) in [5.41, 5.74) is 2.99. The highest BCUT2D eigenvalue weighted by Gasteiger charge is 2.18. The highest BCUT2D eigenvalue weighted by Crippen LogP contribution is 2.26. The fourth-order valence-electron chi connectivity index (χ4n) is 1.92. The second-order valence-electron chi connectivity index (χ2n) is 4.07. The molecule has 1 aliphatic heterocycles. The second-order valence-corrected chi connectivity index (χ2v) is 4.07. The van der Waals surface area contributed by atoms with E-state index in [1.54, 1.807) is 12.4 Å². The van der Waals surface area contributed by atoms with E-state index < -0.39 is 0 Å². The lowest BCUT2D eigenvalue weighted by molar-refractivity contribution is -0.0440. The van der Waals surface area contributed by atoms with Crippen LogP contribution < -0.4 is 5.32 Å². The SMILES string of the molecule is c1cncc(Nc2cccc(C3OCCO3)c2)c1. The van der Waals surface area contributed by atoms with Crippen LogP contribution in [0.3, 0.4) is 0 Å². The van der Waals surface area contributed by atoms with Crippen LogP contribution >= 0.6 is 0 Å². The van der Waals surface area contributed by atoms with E-state index in [-0.39, 0.29) is 6.29 Å². The molecule has 0 atom stereocenters. The first kappa shape index (κ1) is 11.2. The van der Waals surface area contributed by atoms with Crippen LogP contribution in [0.15, 0.2) is 48.8 Å². The van der Waals surface area contributed by atoms with Crippen LogP contribution in [-0.2, 0) is 9.47 Å². The Kier molecular flexibility index (Phi) is 3.21. The normalized spacial score (nSPS) is 15.8. The Bertz CT molecular complexity index is 510. The van der Waals surface area contributed by atoms with Gasteiger partial charge in [0.2, 0.25) is 0 Å². The van der Waals surface area contributed by atoms with Crippen molar-refractivity contribution in [2.45, 2.75) is 6.29 Å². The molecule has 3 rings (SSSR count). The maximum Gasteiger partial charge on any atom is 0.184 e. The van der Waals surface area contributed by atoms with Gasteiger partial charge in [0.25, 0.3) is 0 Å². The Morgan fingerprint density at radius 1 is 1.06 bits per heavy atom. The minimum absolute atomic E-state index is 0.236. The molecule has 0 bridgehead atoms. The third-order valence-corrected chi connectivity index (χ3v) is 2.73. The predicted molar refractivity (Wildman–Crippen MR) is 68.6 cm³/mol. The summed E-state index contributed by atoms with van der Waals surface area (Å²) >= 11 is 0. The van der Waals surface area contributed by atoms with Gasteiger partial charge in [0.1, 0.15) is 0 Å². The zero-order valence-electron chi connectivity index (χ0n) is 9.87. The summed E-state index contributed by atoms with van der Waals surface area (Å²) in [6, 6.07) is 11.9. The fourth-order valence-corrected chi connectivity index (χ4v) is 1.92. The molecule has 1 fully saturated rings. The molecule has 0 unspecified atom stereocenters. The molecule has 2 heterocycles. The lowest BCUT2D eigenvalue weighted by atomic mass is 10.2. The summed E-state index contributed by atoms with van der Waals surface area (Å²) in [5.74, 6) is 0. The quantitative estimate of drug-likeness (QED) is 0.898. The van der Waals surface area contributed by atoms with Crippen molar-refractivity contribution in [2.75, 3.05) is 18.5 Å². The standard InChI is InChI=1S/C14H14N2O2/c1-3-11(14-17-7-8-18-14)9-12(4-1)16-13-5-2-6-15-10-13/h1-6,9-10,14,16H,7-8H2. The maximum atomic E-state index is 5.48. The molecule has 1 saturated heterocycles. The van der Waals surface area contributed by atoms with Gasteiger partial charge in [-0.3, -0.25) is 4.98 Å². The molecule has 1 aliphatic rings.